The lowest BCUT2D eigenvalue weighted by atomic mass is 10.1. The Morgan fingerprint density at radius 3 is 2.64 bits per heavy atom. The minimum absolute atomic E-state index is 0.169. The first kappa shape index (κ1) is 22.9. The van der Waals surface area contributed by atoms with Gasteiger partial charge in [-0.1, -0.05) is 30.4 Å². The third-order valence-electron chi connectivity index (χ3n) is 5.26. The van der Waals surface area contributed by atoms with Gasteiger partial charge in [-0.25, -0.2) is 9.48 Å². The van der Waals surface area contributed by atoms with Crippen LogP contribution in [0, 0.1) is 0 Å². The number of nitrogens with zero attached hydrogens (tertiary/aromatic N) is 7. The summed E-state index contributed by atoms with van der Waals surface area (Å²) in [5, 5.41) is 29.9. The molecule has 1 atom stereocenters. The summed E-state index contributed by atoms with van der Waals surface area (Å²) < 4.78 is 46.5. The molecular weight excluding hydrogens is 463 g/mol. The Kier molecular flexibility index (Phi) is 6.44. The number of carboxylic acids is 1. The maximum absolute atomic E-state index is 13.2. The fourth-order valence-electron chi connectivity index (χ4n) is 3.58. The molecule has 0 radical (unpaired) electrons. The minimum Gasteiger partial charge on any atom is -0.490 e. The van der Waals surface area contributed by atoms with Crippen LogP contribution in [-0.2, 0) is 11.0 Å². The van der Waals surface area contributed by atoms with Crippen molar-refractivity contribution >= 4 is 22.4 Å². The summed E-state index contributed by atoms with van der Waals surface area (Å²) >= 11 is 1.22. The average molecular weight is 483 g/mol. The molecule has 1 aliphatic heterocycles. The van der Waals surface area contributed by atoms with Gasteiger partial charge in [-0.15, -0.1) is 15.3 Å². The number of alkyl halides is 3. The van der Waals surface area contributed by atoms with Crippen molar-refractivity contribution in [1.29, 1.82) is 0 Å². The van der Waals surface area contributed by atoms with E-state index in [2.05, 4.69) is 25.7 Å². The van der Waals surface area contributed by atoms with E-state index >= 15 is 0 Å². The number of benzene rings is 1. The quantitative estimate of drug-likeness (QED) is 0.540. The number of anilines is 1. The summed E-state index contributed by atoms with van der Waals surface area (Å²) in [7, 11) is 0. The second kappa shape index (κ2) is 9.29. The van der Waals surface area contributed by atoms with E-state index in [0.29, 0.717) is 42.5 Å². The molecule has 1 aromatic carbocycles. The van der Waals surface area contributed by atoms with Crippen molar-refractivity contribution < 1.29 is 27.8 Å². The fraction of sp³-hybridized carbons (Fsp3) is 0.474. The highest BCUT2D eigenvalue weighted by Crippen LogP contribution is 2.37. The molecule has 1 fully saturated rings. The molecule has 3 heterocycles. The Bertz CT molecular complexity index is 1110. The maximum atomic E-state index is 13.2. The molecule has 0 spiro atoms. The van der Waals surface area contributed by atoms with Crippen LogP contribution in [0.5, 0.6) is 5.75 Å². The fourth-order valence-corrected chi connectivity index (χ4v) is 4.45. The van der Waals surface area contributed by atoms with Gasteiger partial charge in [-0.3, -0.25) is 0 Å². The number of tetrazole rings is 1. The van der Waals surface area contributed by atoms with Crippen LogP contribution >= 0.6 is 11.3 Å². The van der Waals surface area contributed by atoms with Crippen LogP contribution in [0.1, 0.15) is 37.8 Å². The zero-order valence-corrected chi connectivity index (χ0v) is 18.3. The molecular formula is C19H20F3N7O3S. The summed E-state index contributed by atoms with van der Waals surface area (Å²) in [5.41, 5.74) is -0.786. The summed E-state index contributed by atoms with van der Waals surface area (Å²) in [6, 6.07) is 4.27. The maximum Gasteiger partial charge on any atom is 0.419 e. The zero-order chi connectivity index (χ0) is 23.6. The SMILES string of the molecule is CCC(C(=O)O)n1nnnc1-c1nnc(N2CCC(Oc3ccccc3C(F)(F)F)CC2)s1. The molecule has 0 bridgehead atoms. The van der Waals surface area contributed by atoms with Crippen molar-refractivity contribution in [1.82, 2.24) is 30.4 Å². The molecule has 1 aliphatic rings. The van der Waals surface area contributed by atoms with Gasteiger partial charge >= 0.3 is 12.1 Å². The van der Waals surface area contributed by atoms with Crippen molar-refractivity contribution in [2.75, 3.05) is 18.0 Å². The van der Waals surface area contributed by atoms with E-state index in [1.807, 2.05) is 4.90 Å². The Morgan fingerprint density at radius 1 is 1.24 bits per heavy atom. The van der Waals surface area contributed by atoms with E-state index in [1.54, 1.807) is 6.92 Å². The molecule has 33 heavy (non-hydrogen) atoms. The summed E-state index contributed by atoms with van der Waals surface area (Å²) in [6.45, 7) is 2.76. The van der Waals surface area contributed by atoms with Gasteiger partial charge in [0.25, 0.3) is 0 Å². The van der Waals surface area contributed by atoms with Gasteiger partial charge in [0.2, 0.25) is 11.0 Å². The van der Waals surface area contributed by atoms with Crippen LogP contribution in [0.3, 0.4) is 0 Å². The highest BCUT2D eigenvalue weighted by Gasteiger charge is 2.35. The van der Waals surface area contributed by atoms with Crippen LogP contribution in [0.15, 0.2) is 24.3 Å². The second-order valence-electron chi connectivity index (χ2n) is 7.40. The molecule has 1 saturated heterocycles. The number of halogens is 3. The first-order valence-corrected chi connectivity index (χ1v) is 11.0. The molecule has 2 aromatic heterocycles. The monoisotopic (exact) mass is 483 g/mol. The molecule has 10 nitrogen and oxygen atoms in total. The number of carbonyl (C=O) groups is 1. The van der Waals surface area contributed by atoms with E-state index in [-0.39, 0.29) is 17.7 Å². The Hall–Kier alpha value is -3.29. The van der Waals surface area contributed by atoms with Crippen molar-refractivity contribution in [3.05, 3.63) is 29.8 Å². The molecule has 0 amide bonds. The number of ether oxygens (including phenoxy) is 1. The lowest BCUT2D eigenvalue weighted by molar-refractivity contribution is -0.141. The zero-order valence-electron chi connectivity index (χ0n) is 17.4. The van der Waals surface area contributed by atoms with E-state index in [1.165, 1.54) is 34.2 Å². The van der Waals surface area contributed by atoms with Gasteiger partial charge < -0.3 is 14.7 Å². The van der Waals surface area contributed by atoms with Gasteiger partial charge in [0.15, 0.2) is 11.0 Å². The topological polar surface area (TPSA) is 119 Å². The number of piperidine rings is 1. The molecule has 1 unspecified atom stereocenters. The number of aliphatic carboxylic acids is 1. The van der Waals surface area contributed by atoms with Gasteiger partial charge in [-0.2, -0.15) is 13.2 Å². The Morgan fingerprint density at radius 2 is 1.97 bits per heavy atom. The largest absolute Gasteiger partial charge is 0.490 e. The lowest BCUT2D eigenvalue weighted by Gasteiger charge is -2.32. The van der Waals surface area contributed by atoms with E-state index < -0.39 is 23.8 Å². The first-order valence-electron chi connectivity index (χ1n) is 10.2. The number of aromatic nitrogens is 6. The van der Waals surface area contributed by atoms with Crippen LogP contribution in [0.2, 0.25) is 0 Å². The average Bonchev–Trinajstić information content (AvgIpc) is 3.44. The van der Waals surface area contributed by atoms with Gasteiger partial charge in [-0.05, 0) is 29.0 Å². The highest BCUT2D eigenvalue weighted by molar-refractivity contribution is 7.18. The second-order valence-corrected chi connectivity index (χ2v) is 8.35. The van der Waals surface area contributed by atoms with Crippen LogP contribution in [0.4, 0.5) is 18.3 Å². The molecule has 3 aromatic rings. The smallest absolute Gasteiger partial charge is 0.419 e. The predicted octanol–water partition coefficient (Wildman–Crippen LogP) is 3.29. The molecule has 0 aliphatic carbocycles. The number of hydrogen-bond donors (Lipinski definition) is 1. The highest BCUT2D eigenvalue weighted by atomic mass is 32.1. The molecule has 0 saturated carbocycles. The third-order valence-corrected chi connectivity index (χ3v) is 6.24. The molecule has 176 valence electrons. The summed E-state index contributed by atoms with van der Waals surface area (Å²) in [5.74, 6) is -1.00. The van der Waals surface area contributed by atoms with Crippen molar-refractivity contribution in [2.24, 2.45) is 0 Å². The number of hydrogen-bond acceptors (Lipinski definition) is 9. The minimum atomic E-state index is -4.48. The van der Waals surface area contributed by atoms with Gasteiger partial charge in [0.1, 0.15) is 11.9 Å². The van der Waals surface area contributed by atoms with Crippen LogP contribution < -0.4 is 9.64 Å². The standard InChI is InChI=1S/C19H20F3N7O3S/c1-2-13(17(30)31)29-15(23-26-27-29)16-24-25-18(33-16)28-9-7-11(8-10-28)32-14-6-4-3-5-12(14)19(20,21)22/h3-6,11,13H,2,7-10H2,1H3,(H,30,31). The number of rotatable bonds is 7. The number of para-hydroxylation sites is 1. The summed E-state index contributed by atoms with van der Waals surface area (Å²) in [6.07, 6.45) is -3.52. The van der Waals surface area contributed by atoms with Gasteiger partial charge in [0.05, 0.1) is 5.56 Å². The summed E-state index contributed by atoms with van der Waals surface area (Å²) in [4.78, 5) is 13.4. The van der Waals surface area contributed by atoms with Crippen molar-refractivity contribution in [2.45, 2.75) is 44.5 Å². The predicted molar refractivity (Wildman–Crippen MR) is 111 cm³/mol. The van der Waals surface area contributed by atoms with E-state index in [4.69, 9.17) is 4.74 Å². The Balaban J connectivity index is 1.42. The van der Waals surface area contributed by atoms with E-state index in [9.17, 15) is 23.1 Å². The van der Waals surface area contributed by atoms with Crippen LogP contribution in [0.25, 0.3) is 10.8 Å². The molecule has 4 rings (SSSR count). The van der Waals surface area contributed by atoms with Gasteiger partial charge in [0, 0.05) is 25.9 Å². The lowest BCUT2D eigenvalue weighted by Crippen LogP contribution is -2.38. The van der Waals surface area contributed by atoms with Crippen LogP contribution in [-0.4, -0.2) is 60.7 Å². The Labute approximate surface area is 190 Å². The van der Waals surface area contributed by atoms with Crippen molar-refractivity contribution in [3.63, 3.8) is 0 Å². The van der Waals surface area contributed by atoms with E-state index in [0.717, 1.165) is 6.07 Å². The third kappa shape index (κ3) is 4.89. The normalized spacial score (nSPS) is 16.1. The molecule has 14 heteroatoms. The number of carboxylic acid groups (broad SMARTS) is 1. The van der Waals surface area contributed by atoms with Crippen molar-refractivity contribution in [3.8, 4) is 16.6 Å². The molecule has 1 N–H and O–H groups in total. The first-order chi connectivity index (χ1) is 15.8.